The topological polar surface area (TPSA) is 66.5 Å². The molecule has 30 heavy (non-hydrogen) atoms. The monoisotopic (exact) mass is 430 g/mol. The van der Waals surface area contributed by atoms with Gasteiger partial charge in [-0.2, -0.15) is 0 Å². The average molecular weight is 431 g/mol. The highest BCUT2D eigenvalue weighted by atomic mass is 32.2. The van der Waals surface area contributed by atoms with Crippen LogP contribution in [-0.2, 0) is 14.8 Å². The van der Waals surface area contributed by atoms with Gasteiger partial charge in [-0.05, 0) is 60.4 Å². The minimum Gasteiger partial charge on any atom is -0.342 e. The number of nitrogens with one attached hydrogen (secondary N) is 1. The molecule has 1 N–H and O–H groups in total. The first kappa shape index (κ1) is 21.0. The SMILES string of the molecule is CS(=O)(=O)N[C@H]1CCCN(C(=O)[C@@H]2C[C@H]2c2ccccc2-c2cccc(F)c2)CC1. The normalized spacial score (nSPS) is 24.3. The lowest BCUT2D eigenvalue weighted by Gasteiger charge is -2.21. The molecule has 2 aliphatic rings. The molecule has 2 aromatic rings. The van der Waals surface area contributed by atoms with Crippen LogP contribution in [0.25, 0.3) is 11.1 Å². The van der Waals surface area contributed by atoms with Crippen LogP contribution in [0.2, 0.25) is 0 Å². The van der Waals surface area contributed by atoms with Crippen LogP contribution in [0.4, 0.5) is 4.39 Å². The fourth-order valence-corrected chi connectivity index (χ4v) is 5.36. The van der Waals surface area contributed by atoms with Crippen LogP contribution in [0, 0.1) is 11.7 Å². The van der Waals surface area contributed by atoms with Crippen molar-refractivity contribution in [1.82, 2.24) is 9.62 Å². The van der Waals surface area contributed by atoms with Crippen LogP contribution in [0.15, 0.2) is 48.5 Å². The van der Waals surface area contributed by atoms with Gasteiger partial charge >= 0.3 is 0 Å². The van der Waals surface area contributed by atoms with Gasteiger partial charge in [0.1, 0.15) is 5.82 Å². The highest BCUT2D eigenvalue weighted by Gasteiger charge is 2.46. The molecule has 7 heteroatoms. The molecular weight excluding hydrogens is 403 g/mol. The summed E-state index contributed by atoms with van der Waals surface area (Å²) >= 11 is 0. The van der Waals surface area contributed by atoms with Gasteiger partial charge in [0, 0.05) is 25.0 Å². The fourth-order valence-electron chi connectivity index (χ4n) is 4.52. The average Bonchev–Trinajstić information content (AvgIpc) is 3.51. The quantitative estimate of drug-likeness (QED) is 0.789. The van der Waals surface area contributed by atoms with E-state index in [0.717, 1.165) is 36.0 Å². The molecule has 0 bridgehead atoms. The van der Waals surface area contributed by atoms with Gasteiger partial charge in [0.2, 0.25) is 15.9 Å². The van der Waals surface area contributed by atoms with E-state index < -0.39 is 10.0 Å². The van der Waals surface area contributed by atoms with Gasteiger partial charge in [0.25, 0.3) is 0 Å². The van der Waals surface area contributed by atoms with Crippen molar-refractivity contribution in [3.05, 3.63) is 59.9 Å². The maximum absolute atomic E-state index is 13.7. The zero-order valence-electron chi connectivity index (χ0n) is 17.1. The fraction of sp³-hybridized carbons (Fsp3) is 0.435. The molecule has 1 heterocycles. The number of amides is 1. The number of hydrogen-bond donors (Lipinski definition) is 1. The van der Waals surface area contributed by atoms with E-state index in [9.17, 15) is 17.6 Å². The molecular formula is C23H27FN2O3S. The minimum absolute atomic E-state index is 0.0564. The molecule has 1 amide bonds. The van der Waals surface area contributed by atoms with Gasteiger partial charge in [-0.3, -0.25) is 4.79 Å². The van der Waals surface area contributed by atoms with Crippen LogP contribution >= 0.6 is 0 Å². The first-order chi connectivity index (χ1) is 14.3. The molecule has 2 aromatic carbocycles. The lowest BCUT2D eigenvalue weighted by Crippen LogP contribution is -2.36. The molecule has 1 aliphatic carbocycles. The van der Waals surface area contributed by atoms with Gasteiger partial charge in [0.15, 0.2) is 0 Å². The second-order valence-electron chi connectivity index (χ2n) is 8.39. The highest BCUT2D eigenvalue weighted by molar-refractivity contribution is 7.88. The summed E-state index contributed by atoms with van der Waals surface area (Å²) in [5.74, 6) is -0.0362. The molecule has 4 rings (SSSR count). The highest BCUT2D eigenvalue weighted by Crippen LogP contribution is 2.51. The van der Waals surface area contributed by atoms with Crippen LogP contribution in [0.5, 0.6) is 0 Å². The third-order valence-electron chi connectivity index (χ3n) is 6.02. The van der Waals surface area contributed by atoms with Gasteiger partial charge < -0.3 is 4.90 Å². The summed E-state index contributed by atoms with van der Waals surface area (Å²) in [7, 11) is -3.24. The predicted molar refractivity (Wildman–Crippen MR) is 115 cm³/mol. The van der Waals surface area contributed by atoms with Crippen molar-refractivity contribution in [3.63, 3.8) is 0 Å². The summed E-state index contributed by atoms with van der Waals surface area (Å²) in [5, 5.41) is 0. The van der Waals surface area contributed by atoms with E-state index in [-0.39, 0.29) is 29.6 Å². The van der Waals surface area contributed by atoms with Crippen molar-refractivity contribution < 1.29 is 17.6 Å². The third-order valence-corrected chi connectivity index (χ3v) is 6.79. The first-order valence-electron chi connectivity index (χ1n) is 10.4. The Morgan fingerprint density at radius 3 is 2.67 bits per heavy atom. The molecule has 1 saturated carbocycles. The van der Waals surface area contributed by atoms with E-state index in [1.807, 2.05) is 35.2 Å². The Labute approximate surface area is 177 Å². The largest absolute Gasteiger partial charge is 0.342 e. The number of likely N-dealkylation sites (tertiary alicyclic amines) is 1. The van der Waals surface area contributed by atoms with E-state index in [1.54, 1.807) is 6.07 Å². The predicted octanol–water partition coefficient (Wildman–Crippen LogP) is 3.53. The Balaban J connectivity index is 1.45. The smallest absolute Gasteiger partial charge is 0.226 e. The van der Waals surface area contributed by atoms with Crippen molar-refractivity contribution in [1.29, 1.82) is 0 Å². The zero-order chi connectivity index (χ0) is 21.3. The van der Waals surface area contributed by atoms with Gasteiger partial charge in [-0.1, -0.05) is 36.4 Å². The summed E-state index contributed by atoms with van der Waals surface area (Å²) in [6.45, 7) is 1.23. The summed E-state index contributed by atoms with van der Waals surface area (Å²) in [6, 6.07) is 14.4. The molecule has 3 atom stereocenters. The second kappa shape index (κ2) is 8.47. The molecule has 0 aromatic heterocycles. The molecule has 0 unspecified atom stereocenters. The number of halogens is 1. The molecule has 2 fully saturated rings. The van der Waals surface area contributed by atoms with Crippen LogP contribution in [-0.4, -0.2) is 44.6 Å². The molecule has 1 saturated heterocycles. The van der Waals surface area contributed by atoms with Gasteiger partial charge in [0.05, 0.1) is 6.26 Å². The lowest BCUT2D eigenvalue weighted by atomic mass is 9.96. The van der Waals surface area contributed by atoms with E-state index in [1.165, 1.54) is 18.4 Å². The van der Waals surface area contributed by atoms with E-state index >= 15 is 0 Å². The number of hydrogen-bond acceptors (Lipinski definition) is 3. The Morgan fingerprint density at radius 1 is 1.10 bits per heavy atom. The van der Waals surface area contributed by atoms with Gasteiger partial charge in [-0.25, -0.2) is 17.5 Å². The second-order valence-corrected chi connectivity index (χ2v) is 10.2. The zero-order valence-corrected chi connectivity index (χ0v) is 17.9. The molecule has 0 radical (unpaired) electrons. The molecule has 160 valence electrons. The Bertz CT molecular complexity index is 1040. The number of rotatable bonds is 5. The van der Waals surface area contributed by atoms with Crippen molar-refractivity contribution >= 4 is 15.9 Å². The van der Waals surface area contributed by atoms with Crippen LogP contribution in [0.3, 0.4) is 0 Å². The minimum atomic E-state index is -3.24. The summed E-state index contributed by atoms with van der Waals surface area (Å²) in [4.78, 5) is 15.0. The van der Waals surface area contributed by atoms with E-state index in [4.69, 9.17) is 0 Å². The number of carbonyl (C=O) groups excluding carboxylic acids is 1. The van der Waals surface area contributed by atoms with E-state index in [0.29, 0.717) is 19.5 Å². The molecule has 0 spiro atoms. The number of sulfonamides is 1. The summed E-state index contributed by atoms with van der Waals surface area (Å²) in [6.07, 6.45) is 4.14. The molecule has 5 nitrogen and oxygen atoms in total. The Morgan fingerprint density at radius 2 is 1.90 bits per heavy atom. The summed E-state index contributed by atoms with van der Waals surface area (Å²) in [5.41, 5.74) is 2.90. The third kappa shape index (κ3) is 4.90. The number of nitrogens with zero attached hydrogens (tertiary/aromatic N) is 1. The van der Waals surface area contributed by atoms with Crippen molar-refractivity contribution in [3.8, 4) is 11.1 Å². The standard InChI is InChI=1S/C23H27FN2O3S/c1-30(28,29)25-18-8-5-12-26(13-11-18)23(27)22-15-21(22)20-10-3-2-9-19(20)16-6-4-7-17(24)14-16/h2-4,6-7,9-10,14,18,21-22,25H,5,8,11-13,15H2,1H3/t18-,21-,22+/m0/s1. The summed E-state index contributed by atoms with van der Waals surface area (Å²) < 4.78 is 39.4. The van der Waals surface area contributed by atoms with Crippen molar-refractivity contribution in [2.75, 3.05) is 19.3 Å². The van der Waals surface area contributed by atoms with Crippen LogP contribution < -0.4 is 4.72 Å². The Kier molecular flexibility index (Phi) is 5.93. The maximum Gasteiger partial charge on any atom is 0.226 e. The lowest BCUT2D eigenvalue weighted by molar-refractivity contribution is -0.132. The van der Waals surface area contributed by atoms with E-state index in [2.05, 4.69) is 4.72 Å². The Hall–Kier alpha value is -2.25. The van der Waals surface area contributed by atoms with Crippen molar-refractivity contribution in [2.24, 2.45) is 5.92 Å². The maximum atomic E-state index is 13.7. The molecule has 1 aliphatic heterocycles. The van der Waals surface area contributed by atoms with Crippen LogP contribution in [0.1, 0.15) is 37.2 Å². The number of carbonyl (C=O) groups is 1. The first-order valence-corrected chi connectivity index (χ1v) is 12.3. The van der Waals surface area contributed by atoms with Crippen molar-refractivity contribution in [2.45, 2.75) is 37.6 Å². The van der Waals surface area contributed by atoms with Gasteiger partial charge in [-0.15, -0.1) is 0 Å². The number of benzene rings is 2.